The number of carbonyl (C=O) groups excluding carboxylic acids is 1. The number of nitrogens with one attached hydrogen (secondary N) is 1. The summed E-state index contributed by atoms with van der Waals surface area (Å²) in [6, 6.07) is 0. The Labute approximate surface area is 115 Å². The summed E-state index contributed by atoms with van der Waals surface area (Å²) in [6.45, 7) is 9.30. The highest BCUT2D eigenvalue weighted by molar-refractivity contribution is 5.84. The van der Waals surface area contributed by atoms with Crippen LogP contribution in [0.4, 0.5) is 0 Å². The second-order valence-corrected chi connectivity index (χ2v) is 6.14. The first-order valence-corrected chi connectivity index (χ1v) is 6.77. The molecule has 19 heavy (non-hydrogen) atoms. The number of rotatable bonds is 8. The van der Waals surface area contributed by atoms with Gasteiger partial charge in [0, 0.05) is 13.0 Å². The van der Waals surface area contributed by atoms with E-state index in [0.29, 0.717) is 12.3 Å². The Bertz CT molecular complexity index is 315. The first kappa shape index (κ1) is 17.9. The van der Waals surface area contributed by atoms with Crippen molar-refractivity contribution in [3.63, 3.8) is 0 Å². The van der Waals surface area contributed by atoms with Crippen molar-refractivity contribution in [2.75, 3.05) is 6.54 Å². The lowest BCUT2D eigenvalue weighted by atomic mass is 9.76. The fraction of sp³-hybridized carbons (Fsp3) is 0.857. The number of aliphatic hydroxyl groups excluding tert-OH is 1. The minimum atomic E-state index is -1.08. The molecule has 2 unspecified atom stereocenters. The van der Waals surface area contributed by atoms with Crippen LogP contribution in [0.2, 0.25) is 0 Å². The van der Waals surface area contributed by atoms with Crippen LogP contribution in [0.15, 0.2) is 0 Å². The van der Waals surface area contributed by atoms with E-state index in [0.717, 1.165) is 0 Å². The molecule has 0 heterocycles. The van der Waals surface area contributed by atoms with E-state index in [9.17, 15) is 19.8 Å². The van der Waals surface area contributed by atoms with Gasteiger partial charge in [-0.25, -0.2) is 0 Å². The standard InChI is InChI=1S/C14H27NO4/c1-9(2)6-11(16)8-15-12(17)7-14(5,10(3)4)13(18)19/h9-11,16H,6-8H2,1-5H3,(H,15,17)(H,18,19). The second-order valence-electron chi connectivity index (χ2n) is 6.14. The van der Waals surface area contributed by atoms with Crippen molar-refractivity contribution >= 4 is 11.9 Å². The summed E-state index contributed by atoms with van der Waals surface area (Å²) >= 11 is 0. The Hall–Kier alpha value is -1.10. The number of hydrogen-bond acceptors (Lipinski definition) is 3. The highest BCUT2D eigenvalue weighted by Crippen LogP contribution is 2.31. The summed E-state index contributed by atoms with van der Waals surface area (Å²) in [5, 5.41) is 21.5. The van der Waals surface area contributed by atoms with Gasteiger partial charge >= 0.3 is 5.97 Å². The van der Waals surface area contributed by atoms with E-state index < -0.39 is 17.5 Å². The van der Waals surface area contributed by atoms with Gasteiger partial charge in [0.15, 0.2) is 0 Å². The second kappa shape index (κ2) is 7.48. The smallest absolute Gasteiger partial charge is 0.310 e. The third kappa shape index (κ3) is 6.05. The molecule has 0 aliphatic carbocycles. The molecule has 3 N–H and O–H groups in total. The van der Waals surface area contributed by atoms with Crippen LogP contribution in [0, 0.1) is 17.3 Å². The summed E-state index contributed by atoms with van der Waals surface area (Å²) in [5.74, 6) is -1.09. The molecule has 0 fully saturated rings. The number of carbonyl (C=O) groups is 2. The number of carboxylic acids is 1. The molecule has 0 radical (unpaired) electrons. The molecule has 0 aromatic carbocycles. The maximum atomic E-state index is 11.8. The topological polar surface area (TPSA) is 86.6 Å². The lowest BCUT2D eigenvalue weighted by Crippen LogP contribution is -2.41. The van der Waals surface area contributed by atoms with Crippen LogP contribution in [0.25, 0.3) is 0 Å². The number of hydrogen-bond donors (Lipinski definition) is 3. The third-order valence-corrected chi connectivity index (χ3v) is 3.57. The predicted octanol–water partition coefficient (Wildman–Crippen LogP) is 1.65. The van der Waals surface area contributed by atoms with Gasteiger partial charge in [0.05, 0.1) is 11.5 Å². The van der Waals surface area contributed by atoms with Gasteiger partial charge in [-0.05, 0) is 25.2 Å². The fourth-order valence-electron chi connectivity index (χ4n) is 1.78. The molecule has 5 heteroatoms. The van der Waals surface area contributed by atoms with E-state index >= 15 is 0 Å². The maximum absolute atomic E-state index is 11.8. The highest BCUT2D eigenvalue weighted by Gasteiger charge is 2.38. The lowest BCUT2D eigenvalue weighted by Gasteiger charge is -2.28. The Morgan fingerprint density at radius 2 is 1.74 bits per heavy atom. The van der Waals surface area contributed by atoms with Crippen molar-refractivity contribution in [1.29, 1.82) is 0 Å². The summed E-state index contributed by atoms with van der Waals surface area (Å²) < 4.78 is 0. The zero-order valence-corrected chi connectivity index (χ0v) is 12.6. The molecule has 2 atom stereocenters. The van der Waals surface area contributed by atoms with Crippen molar-refractivity contribution in [2.24, 2.45) is 17.3 Å². The van der Waals surface area contributed by atoms with Gasteiger partial charge < -0.3 is 15.5 Å². The summed E-state index contributed by atoms with van der Waals surface area (Å²) in [4.78, 5) is 23.0. The average Bonchev–Trinajstić information content (AvgIpc) is 2.24. The van der Waals surface area contributed by atoms with Crippen LogP contribution in [-0.2, 0) is 9.59 Å². The molecule has 5 nitrogen and oxygen atoms in total. The molecular weight excluding hydrogens is 246 g/mol. The van der Waals surface area contributed by atoms with Crippen LogP contribution in [0.1, 0.15) is 47.5 Å². The predicted molar refractivity (Wildman–Crippen MR) is 73.7 cm³/mol. The first-order chi connectivity index (χ1) is 8.59. The van der Waals surface area contributed by atoms with E-state index in [1.807, 2.05) is 13.8 Å². The Morgan fingerprint density at radius 3 is 2.11 bits per heavy atom. The van der Waals surface area contributed by atoms with Crippen molar-refractivity contribution < 1.29 is 19.8 Å². The van der Waals surface area contributed by atoms with Crippen molar-refractivity contribution in [2.45, 2.75) is 53.6 Å². The monoisotopic (exact) mass is 273 g/mol. The molecule has 0 saturated heterocycles. The van der Waals surface area contributed by atoms with Gasteiger partial charge in [0.1, 0.15) is 0 Å². The van der Waals surface area contributed by atoms with Gasteiger partial charge in [0.25, 0.3) is 0 Å². The van der Waals surface area contributed by atoms with Gasteiger partial charge in [-0.1, -0.05) is 27.7 Å². The summed E-state index contributed by atoms with van der Waals surface area (Å²) in [5.41, 5.74) is -1.08. The van der Waals surface area contributed by atoms with Crippen molar-refractivity contribution in [1.82, 2.24) is 5.32 Å². The van der Waals surface area contributed by atoms with Crippen molar-refractivity contribution in [3.8, 4) is 0 Å². The maximum Gasteiger partial charge on any atom is 0.310 e. The van der Waals surface area contributed by atoms with Crippen LogP contribution in [0.5, 0.6) is 0 Å². The molecule has 0 spiro atoms. The highest BCUT2D eigenvalue weighted by atomic mass is 16.4. The Kier molecular flexibility index (Phi) is 7.05. The SMILES string of the molecule is CC(C)CC(O)CNC(=O)CC(C)(C(=O)O)C(C)C. The minimum Gasteiger partial charge on any atom is -0.481 e. The molecule has 1 amide bonds. The number of carboxylic acid groups (broad SMARTS) is 1. The first-order valence-electron chi connectivity index (χ1n) is 6.77. The summed E-state index contributed by atoms with van der Waals surface area (Å²) in [6.07, 6.45) is -0.0474. The molecule has 0 aromatic rings. The third-order valence-electron chi connectivity index (χ3n) is 3.57. The van der Waals surface area contributed by atoms with E-state index in [1.165, 1.54) is 0 Å². The van der Waals surface area contributed by atoms with Gasteiger partial charge in [-0.15, -0.1) is 0 Å². The quantitative estimate of drug-likeness (QED) is 0.627. The largest absolute Gasteiger partial charge is 0.481 e. The van der Waals surface area contributed by atoms with Gasteiger partial charge in [-0.2, -0.15) is 0 Å². The molecule has 0 aromatic heterocycles. The van der Waals surface area contributed by atoms with Crippen LogP contribution in [-0.4, -0.2) is 34.7 Å². The van der Waals surface area contributed by atoms with E-state index in [-0.39, 0.29) is 24.8 Å². The number of amides is 1. The van der Waals surface area contributed by atoms with Crippen LogP contribution < -0.4 is 5.32 Å². The molecule has 0 saturated carbocycles. The van der Waals surface area contributed by atoms with E-state index in [4.69, 9.17) is 0 Å². The van der Waals surface area contributed by atoms with E-state index in [2.05, 4.69) is 5.32 Å². The normalized spacial score (nSPS) is 16.2. The number of aliphatic hydroxyl groups is 1. The lowest BCUT2D eigenvalue weighted by molar-refractivity contribution is -0.153. The number of aliphatic carboxylic acids is 1. The average molecular weight is 273 g/mol. The molecule has 0 aliphatic rings. The van der Waals surface area contributed by atoms with Gasteiger partial charge in [-0.3, -0.25) is 9.59 Å². The fourth-order valence-corrected chi connectivity index (χ4v) is 1.78. The Balaban J connectivity index is 4.34. The molecule has 0 bridgehead atoms. The van der Waals surface area contributed by atoms with E-state index in [1.54, 1.807) is 20.8 Å². The van der Waals surface area contributed by atoms with Crippen LogP contribution in [0.3, 0.4) is 0 Å². The van der Waals surface area contributed by atoms with Gasteiger partial charge in [0.2, 0.25) is 5.91 Å². The Morgan fingerprint density at radius 1 is 1.21 bits per heavy atom. The minimum absolute atomic E-state index is 0.0750. The molecule has 112 valence electrons. The van der Waals surface area contributed by atoms with Crippen molar-refractivity contribution in [3.05, 3.63) is 0 Å². The zero-order chi connectivity index (χ0) is 15.2. The molecule has 0 rings (SSSR count). The van der Waals surface area contributed by atoms with Crippen LogP contribution >= 0.6 is 0 Å². The summed E-state index contributed by atoms with van der Waals surface area (Å²) in [7, 11) is 0. The zero-order valence-electron chi connectivity index (χ0n) is 12.6. The molecule has 0 aliphatic heterocycles. The molecular formula is C14H27NO4.